The molecule has 2 atom stereocenters. The summed E-state index contributed by atoms with van der Waals surface area (Å²) >= 11 is 0. The van der Waals surface area contributed by atoms with Gasteiger partial charge in [-0.05, 0) is 57.2 Å². The molecule has 6 nitrogen and oxygen atoms in total. The summed E-state index contributed by atoms with van der Waals surface area (Å²) in [6, 6.07) is 11.0. The van der Waals surface area contributed by atoms with Gasteiger partial charge in [0.1, 0.15) is 0 Å². The minimum absolute atomic E-state index is 0. The van der Waals surface area contributed by atoms with E-state index in [2.05, 4.69) is 59.7 Å². The molecule has 7 heteroatoms. The van der Waals surface area contributed by atoms with Gasteiger partial charge in [-0.25, -0.2) is 0 Å². The van der Waals surface area contributed by atoms with Crippen molar-refractivity contribution in [3.8, 4) is 0 Å². The van der Waals surface area contributed by atoms with Crippen molar-refractivity contribution in [2.45, 2.75) is 52.0 Å². The number of guanidine groups is 1. The molecule has 2 unspecified atom stereocenters. The molecule has 2 N–H and O–H groups in total. The van der Waals surface area contributed by atoms with E-state index in [0.29, 0.717) is 24.9 Å². The Bertz CT molecular complexity index is 678. The molecule has 3 rings (SSSR count). The van der Waals surface area contributed by atoms with Crippen LogP contribution in [0.15, 0.2) is 35.3 Å². The number of amides is 1. The number of benzene rings is 1. The average Bonchev–Trinajstić information content (AvgIpc) is 3.29. The van der Waals surface area contributed by atoms with E-state index in [1.54, 1.807) is 0 Å². The fourth-order valence-electron chi connectivity index (χ4n) is 4.54. The van der Waals surface area contributed by atoms with E-state index in [-0.39, 0.29) is 29.9 Å². The van der Waals surface area contributed by atoms with Gasteiger partial charge in [-0.15, -0.1) is 24.0 Å². The molecule has 0 aliphatic carbocycles. The fourth-order valence-corrected chi connectivity index (χ4v) is 4.54. The molecule has 0 radical (unpaired) electrons. The van der Waals surface area contributed by atoms with Crippen LogP contribution < -0.4 is 10.6 Å². The Labute approximate surface area is 205 Å². The number of piperidine rings is 1. The van der Waals surface area contributed by atoms with Crippen LogP contribution in [0.5, 0.6) is 0 Å². The Morgan fingerprint density at radius 2 is 1.87 bits per heavy atom. The number of nitrogens with one attached hydrogen (secondary N) is 2. The highest BCUT2D eigenvalue weighted by Gasteiger charge is 2.23. The van der Waals surface area contributed by atoms with Crippen molar-refractivity contribution < 1.29 is 4.79 Å². The highest BCUT2D eigenvalue weighted by Crippen LogP contribution is 2.25. The number of halogens is 1. The SMILES string of the molecule is CCNC(=NCC(c1ccccc1)N1CCCC1)NCCC(=O)N1CCCC(C)C1.I. The summed E-state index contributed by atoms with van der Waals surface area (Å²) in [5, 5.41) is 6.71. The van der Waals surface area contributed by atoms with Gasteiger partial charge < -0.3 is 15.5 Å². The quantitative estimate of drug-likeness (QED) is 0.300. The molecule has 2 aliphatic rings. The monoisotopic (exact) mass is 541 g/mol. The largest absolute Gasteiger partial charge is 0.357 e. The first-order valence-electron chi connectivity index (χ1n) is 11.8. The van der Waals surface area contributed by atoms with Crippen molar-refractivity contribution >= 4 is 35.8 Å². The third-order valence-corrected chi connectivity index (χ3v) is 6.17. The first kappa shape index (κ1) is 25.9. The number of aliphatic imine (C=N–C) groups is 1. The number of rotatable bonds is 8. The molecule has 0 aromatic heterocycles. The Balaban J connectivity index is 0.00000341. The molecule has 174 valence electrons. The number of likely N-dealkylation sites (tertiary alicyclic amines) is 2. The second kappa shape index (κ2) is 13.9. The van der Waals surface area contributed by atoms with Gasteiger partial charge in [0.25, 0.3) is 0 Å². The van der Waals surface area contributed by atoms with E-state index >= 15 is 0 Å². The molecule has 1 aromatic carbocycles. The number of carbonyl (C=O) groups excluding carboxylic acids is 1. The number of hydrogen-bond donors (Lipinski definition) is 2. The molecule has 2 saturated heterocycles. The Morgan fingerprint density at radius 3 is 2.55 bits per heavy atom. The smallest absolute Gasteiger partial charge is 0.224 e. The molecular formula is C24H40IN5O. The molecule has 2 heterocycles. The maximum atomic E-state index is 12.5. The summed E-state index contributed by atoms with van der Waals surface area (Å²) in [4.78, 5) is 22.0. The summed E-state index contributed by atoms with van der Waals surface area (Å²) in [6.45, 7) is 10.6. The van der Waals surface area contributed by atoms with Crippen molar-refractivity contribution in [2.75, 3.05) is 45.8 Å². The third-order valence-electron chi connectivity index (χ3n) is 6.17. The molecule has 0 saturated carbocycles. The zero-order chi connectivity index (χ0) is 21.2. The number of hydrogen-bond acceptors (Lipinski definition) is 3. The Morgan fingerprint density at radius 1 is 1.13 bits per heavy atom. The molecule has 0 bridgehead atoms. The van der Waals surface area contributed by atoms with Crippen LogP contribution in [0.3, 0.4) is 0 Å². The zero-order valence-electron chi connectivity index (χ0n) is 19.2. The molecule has 0 spiro atoms. The fraction of sp³-hybridized carbons (Fsp3) is 0.667. The van der Waals surface area contributed by atoms with Crippen LogP contribution >= 0.6 is 24.0 Å². The lowest BCUT2D eigenvalue weighted by Crippen LogP contribution is -2.42. The van der Waals surface area contributed by atoms with Crippen molar-refractivity contribution in [3.05, 3.63) is 35.9 Å². The molecule has 1 aromatic rings. The van der Waals surface area contributed by atoms with Crippen LogP contribution in [-0.2, 0) is 4.79 Å². The van der Waals surface area contributed by atoms with E-state index in [4.69, 9.17) is 4.99 Å². The lowest BCUT2D eigenvalue weighted by Gasteiger charge is -2.31. The molecule has 2 aliphatic heterocycles. The summed E-state index contributed by atoms with van der Waals surface area (Å²) in [5.74, 6) is 1.68. The van der Waals surface area contributed by atoms with Gasteiger partial charge in [0, 0.05) is 32.6 Å². The number of nitrogens with zero attached hydrogens (tertiary/aromatic N) is 3. The van der Waals surface area contributed by atoms with Crippen molar-refractivity contribution in [1.82, 2.24) is 20.4 Å². The highest BCUT2D eigenvalue weighted by atomic mass is 127. The van der Waals surface area contributed by atoms with E-state index in [1.807, 2.05) is 4.90 Å². The minimum Gasteiger partial charge on any atom is -0.357 e. The topological polar surface area (TPSA) is 60.0 Å². The summed E-state index contributed by atoms with van der Waals surface area (Å²) in [5.41, 5.74) is 1.33. The first-order chi connectivity index (χ1) is 14.7. The van der Waals surface area contributed by atoms with Crippen LogP contribution in [0.25, 0.3) is 0 Å². The third kappa shape index (κ3) is 8.25. The van der Waals surface area contributed by atoms with Crippen molar-refractivity contribution in [2.24, 2.45) is 10.9 Å². The second-order valence-corrected chi connectivity index (χ2v) is 8.65. The molecule has 2 fully saturated rings. The highest BCUT2D eigenvalue weighted by molar-refractivity contribution is 14.0. The van der Waals surface area contributed by atoms with Crippen LogP contribution in [0, 0.1) is 5.92 Å². The van der Waals surface area contributed by atoms with E-state index < -0.39 is 0 Å². The normalized spacial score (nSPS) is 20.8. The maximum absolute atomic E-state index is 12.5. The predicted octanol–water partition coefficient (Wildman–Crippen LogP) is 3.65. The lowest BCUT2D eigenvalue weighted by molar-refractivity contribution is -0.132. The predicted molar refractivity (Wildman–Crippen MR) is 139 cm³/mol. The molecular weight excluding hydrogens is 501 g/mol. The van der Waals surface area contributed by atoms with Gasteiger partial charge in [0.15, 0.2) is 5.96 Å². The Hall–Kier alpha value is -1.35. The Kier molecular flexibility index (Phi) is 11.6. The van der Waals surface area contributed by atoms with Gasteiger partial charge in [-0.3, -0.25) is 14.7 Å². The standard InChI is InChI=1S/C24H39N5O.HI/c1-3-25-24(26-14-13-23(30)29-17-9-10-20(2)19-29)27-18-22(28-15-7-8-16-28)21-11-5-4-6-12-21;/h4-6,11-12,20,22H,3,7-10,13-19H2,1-2H3,(H2,25,26,27);1H. The maximum Gasteiger partial charge on any atom is 0.224 e. The first-order valence-corrected chi connectivity index (χ1v) is 11.8. The van der Waals surface area contributed by atoms with Crippen LogP contribution in [-0.4, -0.2) is 67.5 Å². The summed E-state index contributed by atoms with van der Waals surface area (Å²) < 4.78 is 0. The van der Waals surface area contributed by atoms with E-state index in [1.165, 1.54) is 24.8 Å². The van der Waals surface area contributed by atoms with E-state index in [0.717, 1.165) is 51.6 Å². The van der Waals surface area contributed by atoms with Gasteiger partial charge in [-0.1, -0.05) is 37.3 Å². The molecule has 31 heavy (non-hydrogen) atoms. The second-order valence-electron chi connectivity index (χ2n) is 8.65. The van der Waals surface area contributed by atoms with Gasteiger partial charge in [0.2, 0.25) is 5.91 Å². The van der Waals surface area contributed by atoms with E-state index in [9.17, 15) is 4.79 Å². The molecule has 1 amide bonds. The number of carbonyl (C=O) groups is 1. The zero-order valence-corrected chi connectivity index (χ0v) is 21.5. The lowest BCUT2D eigenvalue weighted by atomic mass is 10.00. The van der Waals surface area contributed by atoms with Crippen molar-refractivity contribution in [1.29, 1.82) is 0 Å². The average molecular weight is 542 g/mol. The van der Waals surface area contributed by atoms with Crippen LogP contribution in [0.4, 0.5) is 0 Å². The summed E-state index contributed by atoms with van der Waals surface area (Å²) in [7, 11) is 0. The van der Waals surface area contributed by atoms with Gasteiger partial charge >= 0.3 is 0 Å². The van der Waals surface area contributed by atoms with Crippen LogP contribution in [0.2, 0.25) is 0 Å². The van der Waals surface area contributed by atoms with Gasteiger partial charge in [0.05, 0.1) is 12.6 Å². The van der Waals surface area contributed by atoms with Gasteiger partial charge in [-0.2, -0.15) is 0 Å². The summed E-state index contributed by atoms with van der Waals surface area (Å²) in [6.07, 6.45) is 5.41. The minimum atomic E-state index is 0. The van der Waals surface area contributed by atoms with Crippen molar-refractivity contribution in [3.63, 3.8) is 0 Å². The van der Waals surface area contributed by atoms with Crippen LogP contribution in [0.1, 0.15) is 57.6 Å².